The molecule has 2 unspecified atom stereocenters. The maximum Gasteiger partial charge on any atom is 0.329 e. The van der Waals surface area contributed by atoms with E-state index >= 15 is 0 Å². The molecule has 1 aliphatic rings. The normalized spacial score (nSPS) is 25.3. The monoisotopic (exact) mass is 293 g/mol. The molecule has 21 heavy (non-hydrogen) atoms. The lowest BCUT2D eigenvalue weighted by Gasteiger charge is -2.37. The van der Waals surface area contributed by atoms with Crippen LogP contribution in [0.3, 0.4) is 0 Å². The van der Waals surface area contributed by atoms with Gasteiger partial charge in [-0.05, 0) is 31.7 Å². The average molecular weight is 293 g/mol. The average Bonchev–Trinajstić information content (AvgIpc) is 2.38. The summed E-state index contributed by atoms with van der Waals surface area (Å²) in [4.78, 5) is 26.4. The highest BCUT2D eigenvalue weighted by atomic mass is 16.6. The zero-order valence-corrected chi connectivity index (χ0v) is 12.1. The molecule has 0 saturated heterocycles. The minimum atomic E-state index is -1.18. The van der Waals surface area contributed by atoms with E-state index in [9.17, 15) is 20.0 Å². The molecule has 2 N–H and O–H groups in total. The number of carboxylic acid groups (broad SMARTS) is 1. The molecule has 1 fully saturated rings. The molecule has 1 aromatic heterocycles. The smallest absolute Gasteiger partial charge is 0.329 e. The highest BCUT2D eigenvalue weighted by Gasteiger charge is 2.43. The minimum Gasteiger partial charge on any atom is -0.480 e. The standard InChI is InChI=1S/C14H19N3O4/c1-9-4-3-6-14(8-9,13(18)19)16-12-11(17(20)21)10(2)5-7-15-12/h5,7,9H,3-4,6,8H2,1-2H3,(H,15,16)(H,18,19). The lowest BCUT2D eigenvalue weighted by molar-refractivity contribution is -0.384. The first-order valence-electron chi connectivity index (χ1n) is 6.97. The largest absolute Gasteiger partial charge is 0.480 e. The number of hydrogen-bond donors (Lipinski definition) is 2. The fourth-order valence-electron chi connectivity index (χ4n) is 3.01. The summed E-state index contributed by atoms with van der Waals surface area (Å²) in [6.45, 7) is 3.61. The Morgan fingerprint density at radius 1 is 1.62 bits per heavy atom. The van der Waals surface area contributed by atoms with Crippen LogP contribution in [-0.4, -0.2) is 26.5 Å². The van der Waals surface area contributed by atoms with E-state index in [0.29, 0.717) is 18.4 Å². The summed E-state index contributed by atoms with van der Waals surface area (Å²) >= 11 is 0. The van der Waals surface area contributed by atoms with Crippen molar-refractivity contribution in [1.29, 1.82) is 0 Å². The third-order valence-electron chi connectivity index (χ3n) is 4.07. The number of carbonyl (C=O) groups is 1. The van der Waals surface area contributed by atoms with Crippen molar-refractivity contribution in [2.24, 2.45) is 5.92 Å². The fourth-order valence-corrected chi connectivity index (χ4v) is 3.01. The predicted octanol–water partition coefficient (Wildman–Crippen LogP) is 2.74. The molecular weight excluding hydrogens is 274 g/mol. The van der Waals surface area contributed by atoms with Gasteiger partial charge < -0.3 is 10.4 Å². The summed E-state index contributed by atoms with van der Waals surface area (Å²) in [5.41, 5.74) is -0.873. The van der Waals surface area contributed by atoms with Crippen molar-refractivity contribution in [3.05, 3.63) is 27.9 Å². The van der Waals surface area contributed by atoms with Gasteiger partial charge in [0.2, 0.25) is 5.82 Å². The molecule has 7 heteroatoms. The van der Waals surface area contributed by atoms with Crippen LogP contribution in [0.1, 0.15) is 38.2 Å². The summed E-state index contributed by atoms with van der Waals surface area (Å²) in [7, 11) is 0. The van der Waals surface area contributed by atoms with Gasteiger partial charge in [-0.3, -0.25) is 10.1 Å². The van der Waals surface area contributed by atoms with Crippen LogP contribution in [0.15, 0.2) is 12.3 Å². The van der Waals surface area contributed by atoms with Gasteiger partial charge in [0.1, 0.15) is 5.54 Å². The molecule has 1 heterocycles. The van der Waals surface area contributed by atoms with Crippen molar-refractivity contribution in [1.82, 2.24) is 4.98 Å². The Balaban J connectivity index is 2.41. The molecule has 2 rings (SSSR count). The van der Waals surface area contributed by atoms with Gasteiger partial charge in [-0.2, -0.15) is 0 Å². The zero-order chi connectivity index (χ0) is 15.6. The second kappa shape index (κ2) is 5.67. The van der Waals surface area contributed by atoms with E-state index in [1.807, 2.05) is 6.92 Å². The topological polar surface area (TPSA) is 105 Å². The molecule has 7 nitrogen and oxygen atoms in total. The van der Waals surface area contributed by atoms with Gasteiger partial charge in [-0.15, -0.1) is 0 Å². The Bertz CT molecular complexity index is 575. The summed E-state index contributed by atoms with van der Waals surface area (Å²) in [6, 6.07) is 1.54. The quantitative estimate of drug-likeness (QED) is 0.653. The van der Waals surface area contributed by atoms with E-state index in [0.717, 1.165) is 12.8 Å². The molecule has 0 spiro atoms. The Morgan fingerprint density at radius 3 is 2.90 bits per heavy atom. The number of pyridine rings is 1. The first-order valence-corrected chi connectivity index (χ1v) is 6.97. The third kappa shape index (κ3) is 2.96. The third-order valence-corrected chi connectivity index (χ3v) is 4.07. The molecule has 1 aliphatic carbocycles. The predicted molar refractivity (Wildman–Crippen MR) is 77.2 cm³/mol. The summed E-state index contributed by atoms with van der Waals surface area (Å²) in [6.07, 6.45) is 4.08. The fraction of sp³-hybridized carbons (Fsp3) is 0.571. The van der Waals surface area contributed by atoms with Crippen LogP contribution in [0.4, 0.5) is 11.5 Å². The number of nitrogens with zero attached hydrogens (tertiary/aromatic N) is 2. The van der Waals surface area contributed by atoms with Gasteiger partial charge in [0.25, 0.3) is 0 Å². The van der Waals surface area contributed by atoms with Crippen molar-refractivity contribution in [3.8, 4) is 0 Å². The van der Waals surface area contributed by atoms with Gasteiger partial charge in [-0.25, -0.2) is 9.78 Å². The van der Waals surface area contributed by atoms with Crippen LogP contribution < -0.4 is 5.32 Å². The first kappa shape index (κ1) is 15.2. The number of aliphatic carboxylic acids is 1. The number of rotatable bonds is 4. The molecule has 0 bridgehead atoms. The number of anilines is 1. The van der Waals surface area contributed by atoms with Crippen molar-refractivity contribution in [2.75, 3.05) is 5.32 Å². The SMILES string of the molecule is Cc1ccnc(NC2(C(=O)O)CCCC(C)C2)c1[N+](=O)[O-]. The van der Waals surface area contributed by atoms with Gasteiger partial charge in [-0.1, -0.05) is 19.8 Å². The van der Waals surface area contributed by atoms with E-state index < -0.39 is 16.4 Å². The van der Waals surface area contributed by atoms with E-state index in [1.54, 1.807) is 13.0 Å². The van der Waals surface area contributed by atoms with Crippen LogP contribution in [0.5, 0.6) is 0 Å². The number of hydrogen-bond acceptors (Lipinski definition) is 5. The van der Waals surface area contributed by atoms with Gasteiger partial charge in [0, 0.05) is 11.8 Å². The molecule has 1 saturated carbocycles. The van der Waals surface area contributed by atoms with Gasteiger partial charge >= 0.3 is 11.7 Å². The Kier molecular flexibility index (Phi) is 4.11. The highest BCUT2D eigenvalue weighted by molar-refractivity contribution is 5.83. The Hall–Kier alpha value is -2.18. The minimum absolute atomic E-state index is 0.0384. The van der Waals surface area contributed by atoms with Crippen molar-refractivity contribution in [3.63, 3.8) is 0 Å². The van der Waals surface area contributed by atoms with Gasteiger partial charge in [0.05, 0.1) is 4.92 Å². The number of aryl methyl sites for hydroxylation is 1. The summed E-state index contributed by atoms with van der Waals surface area (Å²) < 4.78 is 0. The molecule has 114 valence electrons. The number of nitro groups is 1. The molecule has 0 radical (unpaired) electrons. The lowest BCUT2D eigenvalue weighted by atomic mass is 9.76. The summed E-state index contributed by atoms with van der Waals surface area (Å²) in [5, 5.41) is 23.7. The maximum absolute atomic E-state index is 11.7. The van der Waals surface area contributed by atoms with Gasteiger partial charge in [0.15, 0.2) is 0 Å². The molecule has 0 amide bonds. The molecular formula is C14H19N3O4. The Morgan fingerprint density at radius 2 is 2.33 bits per heavy atom. The number of nitrogens with one attached hydrogen (secondary N) is 1. The second-order valence-electron chi connectivity index (χ2n) is 5.80. The first-order chi connectivity index (χ1) is 9.85. The van der Waals surface area contributed by atoms with Crippen molar-refractivity contribution < 1.29 is 14.8 Å². The maximum atomic E-state index is 11.7. The number of carboxylic acids is 1. The van der Waals surface area contributed by atoms with Crippen LogP contribution in [-0.2, 0) is 4.79 Å². The molecule has 0 aromatic carbocycles. The second-order valence-corrected chi connectivity index (χ2v) is 5.80. The molecule has 2 atom stereocenters. The lowest BCUT2D eigenvalue weighted by Crippen LogP contribution is -2.49. The van der Waals surface area contributed by atoms with E-state index in [2.05, 4.69) is 10.3 Å². The highest BCUT2D eigenvalue weighted by Crippen LogP contribution is 2.37. The van der Waals surface area contributed by atoms with Crippen LogP contribution in [0, 0.1) is 23.0 Å². The summed E-state index contributed by atoms with van der Waals surface area (Å²) in [5.74, 6) is -0.686. The van der Waals surface area contributed by atoms with E-state index in [4.69, 9.17) is 0 Å². The molecule has 1 aromatic rings. The molecule has 0 aliphatic heterocycles. The van der Waals surface area contributed by atoms with E-state index in [-0.39, 0.29) is 17.4 Å². The van der Waals surface area contributed by atoms with Crippen LogP contribution in [0.25, 0.3) is 0 Å². The number of aromatic nitrogens is 1. The van der Waals surface area contributed by atoms with Crippen molar-refractivity contribution in [2.45, 2.75) is 45.1 Å². The van der Waals surface area contributed by atoms with Crippen LogP contribution >= 0.6 is 0 Å². The Labute approximate surface area is 122 Å². The van der Waals surface area contributed by atoms with Crippen molar-refractivity contribution >= 4 is 17.5 Å². The zero-order valence-electron chi connectivity index (χ0n) is 12.1. The van der Waals surface area contributed by atoms with Crippen LogP contribution in [0.2, 0.25) is 0 Å². The van der Waals surface area contributed by atoms with E-state index in [1.165, 1.54) is 6.20 Å².